The normalized spacial score (nSPS) is 23.3. The van der Waals surface area contributed by atoms with E-state index < -0.39 is 28.7 Å². The minimum atomic E-state index is -1.59. The highest BCUT2D eigenvalue weighted by molar-refractivity contribution is 6.06. The second kappa shape index (κ2) is 6.94. The molecule has 1 aromatic heterocycles. The Labute approximate surface area is 176 Å². The summed E-state index contributed by atoms with van der Waals surface area (Å²) in [7, 11) is 1.30. The van der Waals surface area contributed by atoms with Crippen molar-refractivity contribution in [3.63, 3.8) is 0 Å². The summed E-state index contributed by atoms with van der Waals surface area (Å²) < 4.78 is 22.2. The van der Waals surface area contributed by atoms with Crippen molar-refractivity contribution >= 4 is 28.5 Å². The van der Waals surface area contributed by atoms with E-state index in [9.17, 15) is 24.6 Å². The van der Waals surface area contributed by atoms with E-state index in [-0.39, 0.29) is 52.8 Å². The third kappa shape index (κ3) is 2.81. The minimum Gasteiger partial charge on any atom is -0.506 e. The molecule has 0 bridgehead atoms. The molecule has 3 fully saturated rings. The molecule has 3 N–H and O–H groups in total. The Balaban J connectivity index is 1.80. The number of carbonyl (C=O) groups is 2. The number of aromatic nitrogens is 1. The Morgan fingerprint density at radius 2 is 2.03 bits per heavy atom. The Kier molecular flexibility index (Phi) is 4.44. The van der Waals surface area contributed by atoms with Gasteiger partial charge in [-0.1, -0.05) is 0 Å². The number of rotatable bonds is 4. The van der Waals surface area contributed by atoms with E-state index in [4.69, 9.17) is 4.74 Å². The number of fused-ring (bicyclic) bond motifs is 2. The number of ether oxygens (including phenoxy) is 1. The number of hydrogen-bond acceptors (Lipinski definition) is 6. The van der Waals surface area contributed by atoms with Crippen molar-refractivity contribution in [3.8, 4) is 11.5 Å². The molecule has 0 unspecified atom stereocenters. The van der Waals surface area contributed by atoms with Crippen molar-refractivity contribution in [1.82, 2.24) is 9.88 Å². The first-order valence-corrected chi connectivity index (χ1v) is 10.3. The van der Waals surface area contributed by atoms with Gasteiger partial charge in [0.25, 0.3) is 5.56 Å². The number of nitrogens with zero attached hydrogens (tertiary/aromatic N) is 2. The summed E-state index contributed by atoms with van der Waals surface area (Å²) in [4.78, 5) is 39.0. The number of pyridine rings is 1. The van der Waals surface area contributed by atoms with Crippen LogP contribution < -0.4 is 20.5 Å². The first-order chi connectivity index (χ1) is 14.8. The van der Waals surface area contributed by atoms with Crippen molar-refractivity contribution < 1.29 is 28.9 Å². The largest absolute Gasteiger partial charge is 0.506 e. The van der Waals surface area contributed by atoms with Crippen molar-refractivity contribution in [2.75, 3.05) is 25.1 Å². The van der Waals surface area contributed by atoms with Gasteiger partial charge >= 0.3 is 5.97 Å². The number of aromatic hydroxyl groups is 1. The van der Waals surface area contributed by atoms with Crippen LogP contribution in [0.5, 0.6) is 11.5 Å². The quantitative estimate of drug-likeness (QED) is 0.672. The van der Waals surface area contributed by atoms with Crippen molar-refractivity contribution in [2.24, 2.45) is 5.92 Å². The number of aromatic carboxylic acids is 1. The van der Waals surface area contributed by atoms with Crippen LogP contribution >= 0.6 is 0 Å². The second-order valence-corrected chi connectivity index (χ2v) is 8.33. The average Bonchev–Trinajstić information content (AvgIpc) is 3.51. The van der Waals surface area contributed by atoms with Gasteiger partial charge in [0.05, 0.1) is 13.0 Å². The van der Waals surface area contributed by atoms with Crippen LogP contribution in [0.4, 0.5) is 10.1 Å². The smallest absolute Gasteiger partial charge is 0.345 e. The molecule has 1 amide bonds. The van der Waals surface area contributed by atoms with E-state index in [0.717, 1.165) is 19.0 Å². The molecule has 2 saturated heterocycles. The number of hydrogen-bond donors (Lipinski definition) is 3. The lowest BCUT2D eigenvalue weighted by atomic mass is 9.94. The highest BCUT2D eigenvalue weighted by Gasteiger charge is 2.44. The number of methoxy groups -OCH3 is 1. The number of benzene rings is 1. The van der Waals surface area contributed by atoms with Crippen LogP contribution in [0.2, 0.25) is 0 Å². The van der Waals surface area contributed by atoms with Crippen LogP contribution in [0.25, 0.3) is 10.9 Å². The van der Waals surface area contributed by atoms with Gasteiger partial charge in [-0.2, -0.15) is 0 Å². The van der Waals surface area contributed by atoms with Gasteiger partial charge in [-0.15, -0.1) is 0 Å². The molecule has 31 heavy (non-hydrogen) atoms. The molecule has 3 aliphatic rings. The Hall–Kier alpha value is -3.14. The lowest BCUT2D eigenvalue weighted by Gasteiger charge is -2.24. The van der Waals surface area contributed by atoms with Gasteiger partial charge in [0.2, 0.25) is 5.91 Å². The number of anilines is 1. The molecule has 1 aromatic carbocycles. The van der Waals surface area contributed by atoms with Crippen LogP contribution in [0.1, 0.15) is 42.1 Å². The predicted molar refractivity (Wildman–Crippen MR) is 108 cm³/mol. The van der Waals surface area contributed by atoms with Gasteiger partial charge in [0.1, 0.15) is 17.0 Å². The maximum absolute atomic E-state index is 15.4. The standard InChI is InChI=1S/C21H22FN3O6/c1-31-18-15-11(17(26)14(21(29)30)20(28)25(15)9-4-5-9)7-12(22)16(18)24-8-13-10(19(24)27)3-2-6-23-13/h7,9-10,13,23,26H,2-6,8H2,1H3,(H,29,30)/t10-,13-/m0/s1. The van der Waals surface area contributed by atoms with E-state index in [1.54, 1.807) is 0 Å². The molecule has 10 heteroatoms. The molecule has 0 spiro atoms. The number of nitrogens with one attached hydrogen (secondary N) is 1. The monoisotopic (exact) mass is 431 g/mol. The first-order valence-electron chi connectivity index (χ1n) is 10.3. The van der Waals surface area contributed by atoms with Gasteiger partial charge in [0, 0.05) is 24.0 Å². The molecule has 3 heterocycles. The Bertz CT molecular complexity index is 1190. The van der Waals surface area contributed by atoms with E-state index >= 15 is 4.39 Å². The molecule has 0 radical (unpaired) electrons. The molecule has 5 rings (SSSR count). The SMILES string of the molecule is COc1c(N2C[C@@H]3NCCC[C@@H]3C2=O)c(F)cc2c(O)c(C(=O)O)c(=O)n(C3CC3)c12. The van der Waals surface area contributed by atoms with Crippen LogP contribution in [0.15, 0.2) is 10.9 Å². The topological polar surface area (TPSA) is 121 Å². The number of amides is 1. The van der Waals surface area contributed by atoms with E-state index in [1.165, 1.54) is 16.6 Å². The summed E-state index contributed by atoms with van der Waals surface area (Å²) in [5.74, 6) is -3.77. The van der Waals surface area contributed by atoms with Crippen molar-refractivity contribution in [3.05, 3.63) is 27.8 Å². The summed E-state index contributed by atoms with van der Waals surface area (Å²) in [6.45, 7) is 1.04. The molecule has 2 atom stereocenters. The fourth-order valence-electron chi connectivity index (χ4n) is 4.93. The van der Waals surface area contributed by atoms with Crippen LogP contribution in [0, 0.1) is 11.7 Å². The third-order valence-corrected chi connectivity index (χ3v) is 6.49. The third-order valence-electron chi connectivity index (χ3n) is 6.49. The molecule has 2 aromatic rings. The highest BCUT2D eigenvalue weighted by Crippen LogP contribution is 2.47. The highest BCUT2D eigenvalue weighted by atomic mass is 19.1. The molecule has 1 aliphatic carbocycles. The molecule has 164 valence electrons. The van der Waals surface area contributed by atoms with Crippen molar-refractivity contribution in [2.45, 2.75) is 37.8 Å². The average molecular weight is 431 g/mol. The van der Waals surface area contributed by atoms with E-state index in [1.807, 2.05) is 0 Å². The van der Waals surface area contributed by atoms with Gasteiger partial charge < -0.3 is 29.7 Å². The summed E-state index contributed by atoms with van der Waals surface area (Å²) in [5, 5.41) is 23.2. The fourth-order valence-corrected chi connectivity index (χ4v) is 4.93. The Morgan fingerprint density at radius 3 is 2.65 bits per heavy atom. The van der Waals surface area contributed by atoms with Gasteiger partial charge in [-0.25, -0.2) is 9.18 Å². The minimum absolute atomic E-state index is 0.0572. The fraction of sp³-hybridized carbons (Fsp3) is 0.476. The zero-order valence-electron chi connectivity index (χ0n) is 16.9. The second-order valence-electron chi connectivity index (χ2n) is 8.33. The number of halogens is 1. The molecule has 1 saturated carbocycles. The van der Waals surface area contributed by atoms with Crippen molar-refractivity contribution in [1.29, 1.82) is 0 Å². The van der Waals surface area contributed by atoms with E-state index in [0.29, 0.717) is 19.3 Å². The van der Waals surface area contributed by atoms with Gasteiger partial charge in [-0.3, -0.25) is 9.59 Å². The van der Waals surface area contributed by atoms with Gasteiger partial charge in [-0.05, 0) is 38.3 Å². The Morgan fingerprint density at radius 1 is 1.29 bits per heavy atom. The van der Waals surface area contributed by atoms with Crippen LogP contribution in [-0.2, 0) is 4.79 Å². The lowest BCUT2D eigenvalue weighted by molar-refractivity contribution is -0.121. The summed E-state index contributed by atoms with van der Waals surface area (Å²) in [6, 6.07) is 0.601. The predicted octanol–water partition coefficient (Wildman–Crippen LogP) is 1.60. The summed E-state index contributed by atoms with van der Waals surface area (Å²) in [6.07, 6.45) is 2.85. The van der Waals surface area contributed by atoms with Crippen LogP contribution in [-0.4, -0.2) is 52.9 Å². The number of carboxylic acids is 1. The van der Waals surface area contributed by atoms with E-state index in [2.05, 4.69) is 5.32 Å². The zero-order chi connectivity index (χ0) is 22.0. The zero-order valence-corrected chi connectivity index (χ0v) is 16.9. The summed E-state index contributed by atoms with van der Waals surface area (Å²) >= 11 is 0. The maximum Gasteiger partial charge on any atom is 0.345 e. The first kappa shape index (κ1) is 19.8. The van der Waals surface area contributed by atoms with Gasteiger partial charge in [0.15, 0.2) is 17.1 Å². The number of carboxylic acid groups (broad SMARTS) is 1. The number of piperidine rings is 1. The maximum atomic E-state index is 15.4. The van der Waals surface area contributed by atoms with Crippen LogP contribution in [0.3, 0.4) is 0 Å². The summed E-state index contributed by atoms with van der Waals surface area (Å²) in [5.41, 5.74) is -1.67. The number of carbonyl (C=O) groups excluding carboxylic acids is 1. The molecule has 2 aliphatic heterocycles. The lowest BCUT2D eigenvalue weighted by Crippen LogP contribution is -2.41. The molecule has 9 nitrogen and oxygen atoms in total. The molecular weight excluding hydrogens is 409 g/mol. The molecular formula is C21H22FN3O6.